The standard InChI is InChI=1S/C39H34N4O4/c1-29(47-37-23-21-36(22-24-37)46-28-31-13-7-3-8-14-31)39(44)41-40-25-33-26-43(34-15-9-4-10-16-34)42-38(33)32-17-19-35(20-18-32)45-27-30-11-5-2-6-12-30/h2-26,29H,27-28H2,1H3,(H,41,44)/b40-25+. The number of carbonyl (C=O) groups is 1. The fourth-order valence-electron chi connectivity index (χ4n) is 4.74. The van der Waals surface area contributed by atoms with E-state index in [0.29, 0.717) is 30.4 Å². The van der Waals surface area contributed by atoms with Gasteiger partial charge in [0.1, 0.15) is 36.2 Å². The summed E-state index contributed by atoms with van der Waals surface area (Å²) in [4.78, 5) is 12.8. The van der Waals surface area contributed by atoms with Crippen LogP contribution in [0.1, 0.15) is 23.6 Å². The maximum atomic E-state index is 12.8. The van der Waals surface area contributed by atoms with E-state index in [-0.39, 0.29) is 5.91 Å². The van der Waals surface area contributed by atoms with Crippen molar-refractivity contribution in [3.63, 3.8) is 0 Å². The molecule has 1 atom stereocenters. The summed E-state index contributed by atoms with van der Waals surface area (Å²) in [7, 11) is 0. The number of carbonyl (C=O) groups excluding carboxylic acids is 1. The molecule has 1 N–H and O–H groups in total. The van der Waals surface area contributed by atoms with Gasteiger partial charge in [0.15, 0.2) is 6.10 Å². The molecule has 0 bridgehead atoms. The first kappa shape index (κ1) is 30.9. The van der Waals surface area contributed by atoms with Gasteiger partial charge in [0.2, 0.25) is 0 Å². The molecular weight excluding hydrogens is 588 g/mol. The molecule has 8 heteroatoms. The van der Waals surface area contributed by atoms with Crippen molar-refractivity contribution >= 4 is 12.1 Å². The predicted octanol–water partition coefficient (Wildman–Crippen LogP) is 7.61. The van der Waals surface area contributed by atoms with Crippen LogP contribution in [0, 0.1) is 0 Å². The molecule has 8 nitrogen and oxygen atoms in total. The number of nitrogens with zero attached hydrogens (tertiary/aromatic N) is 3. The monoisotopic (exact) mass is 622 g/mol. The molecule has 1 unspecified atom stereocenters. The second-order valence-corrected chi connectivity index (χ2v) is 10.8. The number of amides is 1. The molecule has 234 valence electrons. The lowest BCUT2D eigenvalue weighted by Gasteiger charge is -2.13. The van der Waals surface area contributed by atoms with E-state index in [1.54, 1.807) is 30.0 Å². The molecule has 47 heavy (non-hydrogen) atoms. The summed E-state index contributed by atoms with van der Waals surface area (Å²) in [5, 5.41) is 9.08. The van der Waals surface area contributed by atoms with Crippen molar-refractivity contribution in [2.45, 2.75) is 26.2 Å². The Bertz CT molecular complexity index is 1890. The number of rotatable bonds is 13. The Kier molecular flexibility index (Phi) is 10.00. The number of hydrazone groups is 1. The SMILES string of the molecule is CC(Oc1ccc(OCc2ccccc2)cc1)C(=O)N/N=C/c1cn(-c2ccccc2)nc1-c1ccc(OCc2ccccc2)cc1. The van der Waals surface area contributed by atoms with Crippen molar-refractivity contribution in [1.29, 1.82) is 0 Å². The summed E-state index contributed by atoms with van der Waals surface area (Å²) in [6.45, 7) is 2.63. The van der Waals surface area contributed by atoms with Gasteiger partial charge < -0.3 is 14.2 Å². The molecule has 0 saturated carbocycles. The third-order valence-electron chi connectivity index (χ3n) is 7.27. The zero-order valence-corrected chi connectivity index (χ0v) is 25.9. The third-order valence-corrected chi connectivity index (χ3v) is 7.27. The predicted molar refractivity (Wildman–Crippen MR) is 183 cm³/mol. The van der Waals surface area contributed by atoms with Gasteiger partial charge in [0.25, 0.3) is 5.91 Å². The van der Waals surface area contributed by atoms with Gasteiger partial charge in [-0.25, -0.2) is 10.1 Å². The van der Waals surface area contributed by atoms with E-state index in [1.165, 1.54) is 0 Å². The van der Waals surface area contributed by atoms with E-state index >= 15 is 0 Å². The summed E-state index contributed by atoms with van der Waals surface area (Å²) in [6, 6.07) is 44.7. The lowest BCUT2D eigenvalue weighted by Crippen LogP contribution is -2.33. The molecule has 0 aliphatic carbocycles. The average molecular weight is 623 g/mol. The first-order valence-corrected chi connectivity index (χ1v) is 15.3. The zero-order valence-electron chi connectivity index (χ0n) is 25.9. The number of benzene rings is 5. The van der Waals surface area contributed by atoms with Crippen LogP contribution in [0.4, 0.5) is 0 Å². The number of hydrogen-bond donors (Lipinski definition) is 1. The van der Waals surface area contributed by atoms with Crippen molar-refractivity contribution in [3.05, 3.63) is 162 Å². The fourth-order valence-corrected chi connectivity index (χ4v) is 4.74. The number of ether oxygens (including phenoxy) is 3. The Balaban J connectivity index is 1.09. The van der Waals surface area contributed by atoms with Crippen LogP contribution < -0.4 is 19.6 Å². The molecule has 1 amide bonds. The van der Waals surface area contributed by atoms with Gasteiger partial charge in [-0.1, -0.05) is 78.9 Å². The second kappa shape index (κ2) is 15.2. The molecule has 6 rings (SSSR count). The molecule has 0 spiro atoms. The molecule has 0 aliphatic rings. The summed E-state index contributed by atoms with van der Waals surface area (Å²) in [5.74, 6) is 1.63. The maximum Gasteiger partial charge on any atom is 0.280 e. The lowest BCUT2D eigenvalue weighted by atomic mass is 10.1. The fraction of sp³-hybridized carbons (Fsp3) is 0.103. The number of aromatic nitrogens is 2. The van der Waals surface area contributed by atoms with Crippen LogP contribution in [0.3, 0.4) is 0 Å². The van der Waals surface area contributed by atoms with E-state index in [0.717, 1.165) is 33.7 Å². The van der Waals surface area contributed by atoms with E-state index in [9.17, 15) is 4.79 Å². The van der Waals surface area contributed by atoms with Crippen molar-refractivity contribution in [2.24, 2.45) is 5.10 Å². The quantitative estimate of drug-likeness (QED) is 0.106. The van der Waals surface area contributed by atoms with Crippen molar-refractivity contribution in [3.8, 4) is 34.2 Å². The van der Waals surface area contributed by atoms with Crippen LogP contribution in [0.15, 0.2) is 151 Å². The van der Waals surface area contributed by atoms with Gasteiger partial charge in [-0.2, -0.15) is 10.2 Å². The lowest BCUT2D eigenvalue weighted by molar-refractivity contribution is -0.127. The molecule has 0 saturated heterocycles. The molecule has 1 heterocycles. The minimum atomic E-state index is -0.779. The van der Waals surface area contributed by atoms with E-state index in [4.69, 9.17) is 19.3 Å². The maximum absolute atomic E-state index is 12.8. The summed E-state index contributed by atoms with van der Waals surface area (Å²) in [6.07, 6.45) is 2.69. The first-order chi connectivity index (χ1) is 23.1. The van der Waals surface area contributed by atoms with Crippen LogP contribution in [0.2, 0.25) is 0 Å². The normalized spacial score (nSPS) is 11.6. The van der Waals surface area contributed by atoms with Gasteiger partial charge in [-0.3, -0.25) is 4.79 Å². The van der Waals surface area contributed by atoms with Gasteiger partial charge in [0, 0.05) is 17.3 Å². The van der Waals surface area contributed by atoms with Gasteiger partial charge in [-0.05, 0) is 78.7 Å². The number of nitrogens with one attached hydrogen (secondary N) is 1. The highest BCUT2D eigenvalue weighted by Gasteiger charge is 2.15. The van der Waals surface area contributed by atoms with Crippen LogP contribution in [-0.2, 0) is 18.0 Å². The Morgan fingerprint density at radius 2 is 1.23 bits per heavy atom. The van der Waals surface area contributed by atoms with Crippen LogP contribution in [-0.4, -0.2) is 28.0 Å². The highest BCUT2D eigenvalue weighted by atomic mass is 16.5. The van der Waals surface area contributed by atoms with Crippen molar-refractivity contribution in [1.82, 2.24) is 15.2 Å². The molecule has 6 aromatic rings. The molecule has 0 fully saturated rings. The Morgan fingerprint density at radius 1 is 0.723 bits per heavy atom. The second-order valence-electron chi connectivity index (χ2n) is 10.8. The molecular formula is C39H34N4O4. The van der Waals surface area contributed by atoms with E-state index in [1.807, 2.05) is 134 Å². The van der Waals surface area contributed by atoms with E-state index < -0.39 is 6.10 Å². The Morgan fingerprint density at radius 3 is 1.81 bits per heavy atom. The van der Waals surface area contributed by atoms with Crippen molar-refractivity contribution in [2.75, 3.05) is 0 Å². The zero-order chi connectivity index (χ0) is 32.3. The Hall–Kier alpha value is -6.15. The van der Waals surface area contributed by atoms with Crippen LogP contribution in [0.25, 0.3) is 16.9 Å². The Labute approximate surface area is 273 Å². The number of para-hydroxylation sites is 1. The molecule has 1 aromatic heterocycles. The van der Waals surface area contributed by atoms with Crippen molar-refractivity contribution < 1.29 is 19.0 Å². The van der Waals surface area contributed by atoms with Crippen LogP contribution >= 0.6 is 0 Å². The summed E-state index contributed by atoms with van der Waals surface area (Å²) >= 11 is 0. The van der Waals surface area contributed by atoms with Gasteiger partial charge in [0.05, 0.1) is 11.9 Å². The highest BCUT2D eigenvalue weighted by Crippen LogP contribution is 2.26. The van der Waals surface area contributed by atoms with Gasteiger partial charge >= 0.3 is 0 Å². The van der Waals surface area contributed by atoms with Gasteiger partial charge in [-0.15, -0.1) is 0 Å². The average Bonchev–Trinajstić information content (AvgIpc) is 3.56. The number of hydrogen-bond acceptors (Lipinski definition) is 6. The minimum Gasteiger partial charge on any atom is -0.489 e. The largest absolute Gasteiger partial charge is 0.489 e. The summed E-state index contributed by atoms with van der Waals surface area (Å²) in [5.41, 5.74) is 8.00. The molecule has 0 radical (unpaired) electrons. The summed E-state index contributed by atoms with van der Waals surface area (Å²) < 4.78 is 19.4. The highest BCUT2D eigenvalue weighted by molar-refractivity contribution is 5.90. The van der Waals surface area contributed by atoms with E-state index in [2.05, 4.69) is 10.5 Å². The van der Waals surface area contributed by atoms with Crippen LogP contribution in [0.5, 0.6) is 17.2 Å². The molecule has 5 aromatic carbocycles. The topological polar surface area (TPSA) is 87.0 Å². The molecule has 0 aliphatic heterocycles. The minimum absolute atomic E-state index is 0.387. The smallest absolute Gasteiger partial charge is 0.280 e. The first-order valence-electron chi connectivity index (χ1n) is 15.3. The third kappa shape index (κ3) is 8.52.